The number of nitrogens with zero attached hydrogens (tertiary/aromatic N) is 2. The largest absolute Gasteiger partial charge is 0.309 e. The Hall–Kier alpha value is -6.52. The monoisotopic (exact) mass is 616 g/mol. The molecule has 7 aromatic carbocycles. The summed E-state index contributed by atoms with van der Waals surface area (Å²) in [6.45, 7) is 0. The molecule has 4 nitrogen and oxygen atoms in total. The Morgan fingerprint density at radius 1 is 0.312 bits per heavy atom. The molecule has 0 atom stereocenters. The van der Waals surface area contributed by atoms with E-state index in [4.69, 9.17) is 0 Å². The lowest BCUT2D eigenvalue weighted by Crippen LogP contribution is -2.11. The molecule has 0 saturated carbocycles. The first-order valence-corrected chi connectivity index (χ1v) is 16.0. The highest BCUT2D eigenvalue weighted by Crippen LogP contribution is 2.33. The second kappa shape index (κ2) is 11.1. The van der Waals surface area contributed by atoms with Crippen molar-refractivity contribution in [2.75, 3.05) is 0 Å². The third kappa shape index (κ3) is 4.31. The standard InChI is InChI=1S/C44H28N2O2/c47-43(29-21-25-31(26-22-29)45-39-17-7-3-11-33(39)34-12-4-8-18-40(34)45)37-15-1-2-16-38(37)44(48)30-23-27-32(28-24-30)46-41-19-9-5-13-35(41)36-14-6-10-20-42(36)46/h1-28H. The number of benzene rings is 7. The van der Waals surface area contributed by atoms with Crippen LogP contribution in [0.4, 0.5) is 0 Å². The van der Waals surface area contributed by atoms with Crippen LogP contribution in [0.15, 0.2) is 170 Å². The summed E-state index contributed by atoms with van der Waals surface area (Å²) in [6, 6.07) is 55.8. The van der Waals surface area contributed by atoms with E-state index in [1.165, 1.54) is 21.5 Å². The van der Waals surface area contributed by atoms with E-state index in [1.54, 1.807) is 12.1 Å². The second-order valence-corrected chi connectivity index (χ2v) is 12.0. The number of fused-ring (bicyclic) bond motifs is 6. The van der Waals surface area contributed by atoms with Gasteiger partial charge in [-0.25, -0.2) is 0 Å². The number of para-hydroxylation sites is 4. The van der Waals surface area contributed by atoms with Crippen molar-refractivity contribution in [3.63, 3.8) is 0 Å². The zero-order chi connectivity index (χ0) is 32.2. The van der Waals surface area contributed by atoms with Crippen molar-refractivity contribution in [2.24, 2.45) is 0 Å². The molecule has 2 aromatic heterocycles. The van der Waals surface area contributed by atoms with Gasteiger partial charge in [0.1, 0.15) is 0 Å². The van der Waals surface area contributed by atoms with Crippen LogP contribution in [-0.2, 0) is 0 Å². The first-order chi connectivity index (χ1) is 23.7. The predicted octanol–water partition coefficient (Wildman–Crippen LogP) is 10.3. The van der Waals surface area contributed by atoms with Gasteiger partial charge in [0.15, 0.2) is 11.6 Å². The van der Waals surface area contributed by atoms with Crippen molar-refractivity contribution in [1.82, 2.24) is 9.13 Å². The van der Waals surface area contributed by atoms with Gasteiger partial charge in [-0.2, -0.15) is 0 Å². The number of aromatic nitrogens is 2. The maximum Gasteiger partial charge on any atom is 0.193 e. The Morgan fingerprint density at radius 2 is 0.583 bits per heavy atom. The summed E-state index contributed by atoms with van der Waals surface area (Å²) < 4.78 is 4.44. The van der Waals surface area contributed by atoms with Gasteiger partial charge in [-0.3, -0.25) is 9.59 Å². The normalized spacial score (nSPS) is 11.5. The van der Waals surface area contributed by atoms with E-state index in [-0.39, 0.29) is 11.6 Å². The Bertz CT molecular complexity index is 2400. The minimum absolute atomic E-state index is 0.186. The number of hydrogen-bond acceptors (Lipinski definition) is 2. The molecule has 48 heavy (non-hydrogen) atoms. The summed E-state index contributed by atoms with van der Waals surface area (Å²) >= 11 is 0. The Morgan fingerprint density at radius 3 is 0.896 bits per heavy atom. The molecule has 0 aliphatic carbocycles. The van der Waals surface area contributed by atoms with Crippen LogP contribution in [0.2, 0.25) is 0 Å². The van der Waals surface area contributed by atoms with Crippen LogP contribution in [0, 0.1) is 0 Å². The van der Waals surface area contributed by atoms with Crippen molar-refractivity contribution < 1.29 is 9.59 Å². The summed E-state index contributed by atoms with van der Waals surface area (Å²) in [7, 11) is 0. The van der Waals surface area contributed by atoms with Crippen LogP contribution in [-0.4, -0.2) is 20.7 Å². The van der Waals surface area contributed by atoms with Crippen molar-refractivity contribution in [3.05, 3.63) is 192 Å². The molecule has 4 heteroatoms. The zero-order valence-electron chi connectivity index (χ0n) is 25.9. The van der Waals surface area contributed by atoms with Gasteiger partial charge in [-0.05, 0) is 72.8 Å². The van der Waals surface area contributed by atoms with E-state index in [0.29, 0.717) is 22.3 Å². The zero-order valence-corrected chi connectivity index (χ0v) is 25.9. The van der Waals surface area contributed by atoms with Crippen LogP contribution in [0.25, 0.3) is 55.0 Å². The summed E-state index contributed by atoms with van der Waals surface area (Å²) in [5.74, 6) is -0.371. The number of ketones is 2. The summed E-state index contributed by atoms with van der Waals surface area (Å²) in [5.41, 5.74) is 8.21. The fourth-order valence-corrected chi connectivity index (χ4v) is 7.12. The minimum atomic E-state index is -0.186. The van der Waals surface area contributed by atoms with Crippen molar-refractivity contribution in [2.45, 2.75) is 0 Å². The molecule has 226 valence electrons. The minimum Gasteiger partial charge on any atom is -0.309 e. The average Bonchev–Trinajstić information content (AvgIpc) is 3.68. The lowest BCUT2D eigenvalue weighted by molar-refractivity contribution is 0.100. The molecule has 9 rings (SSSR count). The second-order valence-electron chi connectivity index (χ2n) is 12.0. The molecule has 0 saturated heterocycles. The molecule has 0 radical (unpaired) electrons. The van der Waals surface area contributed by atoms with Gasteiger partial charge >= 0.3 is 0 Å². The molecule has 0 bridgehead atoms. The fraction of sp³-hybridized carbons (Fsp3) is 0. The van der Waals surface area contributed by atoms with E-state index in [9.17, 15) is 9.59 Å². The molecule has 0 N–H and O–H groups in total. The lowest BCUT2D eigenvalue weighted by atomic mass is 9.93. The highest BCUT2D eigenvalue weighted by atomic mass is 16.1. The molecular weight excluding hydrogens is 588 g/mol. The fourth-order valence-electron chi connectivity index (χ4n) is 7.12. The third-order valence-electron chi connectivity index (χ3n) is 9.35. The van der Waals surface area contributed by atoms with Gasteiger partial charge in [0.25, 0.3) is 0 Å². The maximum atomic E-state index is 13.9. The summed E-state index contributed by atoms with van der Waals surface area (Å²) in [6.07, 6.45) is 0. The quantitative estimate of drug-likeness (QED) is 0.175. The summed E-state index contributed by atoms with van der Waals surface area (Å²) in [4.78, 5) is 27.8. The van der Waals surface area contributed by atoms with E-state index in [0.717, 1.165) is 33.4 Å². The van der Waals surface area contributed by atoms with Crippen LogP contribution >= 0.6 is 0 Å². The number of rotatable bonds is 6. The lowest BCUT2D eigenvalue weighted by Gasteiger charge is -2.12. The Labute approximate surface area is 276 Å². The van der Waals surface area contributed by atoms with E-state index in [2.05, 4.69) is 81.9 Å². The topological polar surface area (TPSA) is 44.0 Å². The molecule has 0 unspecified atom stereocenters. The highest BCUT2D eigenvalue weighted by molar-refractivity contribution is 6.20. The van der Waals surface area contributed by atoms with E-state index in [1.807, 2.05) is 84.9 Å². The van der Waals surface area contributed by atoms with Crippen LogP contribution in [0.1, 0.15) is 31.8 Å². The Kier molecular flexibility index (Phi) is 6.41. The van der Waals surface area contributed by atoms with Gasteiger partial charge in [-0.15, -0.1) is 0 Å². The van der Waals surface area contributed by atoms with Crippen molar-refractivity contribution in [1.29, 1.82) is 0 Å². The first-order valence-electron chi connectivity index (χ1n) is 16.0. The van der Waals surface area contributed by atoms with Crippen LogP contribution in [0.3, 0.4) is 0 Å². The molecule has 0 spiro atoms. The predicted molar refractivity (Wildman–Crippen MR) is 195 cm³/mol. The first kappa shape index (κ1) is 27.8. The molecule has 0 aliphatic heterocycles. The SMILES string of the molecule is O=C(c1ccc(-n2c3ccccc3c3ccccc32)cc1)c1ccccc1C(=O)c1ccc(-n2c3ccccc3c3ccccc32)cc1. The smallest absolute Gasteiger partial charge is 0.193 e. The third-order valence-corrected chi connectivity index (χ3v) is 9.35. The van der Waals surface area contributed by atoms with Crippen LogP contribution in [0.5, 0.6) is 0 Å². The number of carbonyl (C=O) groups excluding carboxylic acids is 2. The molecule has 0 aliphatic rings. The molecule has 0 amide bonds. The average molecular weight is 617 g/mol. The highest BCUT2D eigenvalue weighted by Gasteiger charge is 2.20. The van der Waals surface area contributed by atoms with Gasteiger partial charge in [-0.1, -0.05) is 97.1 Å². The molecular formula is C44H28N2O2. The van der Waals surface area contributed by atoms with Gasteiger partial charge in [0.2, 0.25) is 0 Å². The van der Waals surface area contributed by atoms with Gasteiger partial charge in [0.05, 0.1) is 22.1 Å². The van der Waals surface area contributed by atoms with Gasteiger partial charge < -0.3 is 9.13 Å². The Balaban J connectivity index is 1.04. The van der Waals surface area contributed by atoms with Crippen molar-refractivity contribution >= 4 is 55.2 Å². The van der Waals surface area contributed by atoms with Crippen molar-refractivity contribution in [3.8, 4) is 11.4 Å². The van der Waals surface area contributed by atoms with Crippen LogP contribution < -0.4 is 0 Å². The summed E-state index contributed by atoms with van der Waals surface area (Å²) in [5, 5.41) is 4.74. The maximum absolute atomic E-state index is 13.9. The van der Waals surface area contributed by atoms with E-state index < -0.39 is 0 Å². The van der Waals surface area contributed by atoms with E-state index >= 15 is 0 Å². The number of hydrogen-bond donors (Lipinski definition) is 0. The molecule has 2 heterocycles. The molecule has 9 aromatic rings. The molecule has 0 fully saturated rings. The number of carbonyl (C=O) groups is 2. The van der Waals surface area contributed by atoms with Gasteiger partial charge in [0, 0.05) is 55.2 Å².